The molecule has 440 valence electrons. The number of nitrogens with zero attached hydrogens (tertiary/aromatic N) is 4. The highest BCUT2D eigenvalue weighted by atomic mass is 16.5. The van der Waals surface area contributed by atoms with E-state index < -0.39 is 0 Å². The summed E-state index contributed by atoms with van der Waals surface area (Å²) in [6.07, 6.45) is 2.56. The number of rotatable bonds is 16. The molecule has 0 unspecified atom stereocenters. The lowest BCUT2D eigenvalue weighted by Gasteiger charge is -2.31. The third kappa shape index (κ3) is 16.1. The fourth-order valence-corrected chi connectivity index (χ4v) is 11.8. The zero-order valence-corrected chi connectivity index (χ0v) is 51.5. The fraction of sp³-hybridized carbons (Fsp3) is 0.647. The Labute approximate surface area is 482 Å². The van der Waals surface area contributed by atoms with Gasteiger partial charge in [0.25, 0.3) is 0 Å². The zero-order chi connectivity index (χ0) is 56.7. The van der Waals surface area contributed by atoms with Gasteiger partial charge in [-0.3, -0.25) is 19.6 Å². The van der Waals surface area contributed by atoms with Crippen molar-refractivity contribution >= 4 is 0 Å². The molecular formula is C68H100N4O8. The van der Waals surface area contributed by atoms with Crippen molar-refractivity contribution in [1.82, 2.24) is 19.6 Å². The molecule has 8 bridgehead atoms. The number of fused-ring (bicyclic) bond motifs is 8. The molecule has 4 aliphatic heterocycles. The lowest BCUT2D eigenvalue weighted by Crippen LogP contribution is -2.38. The highest BCUT2D eigenvalue weighted by Crippen LogP contribution is 2.44. The molecule has 1 aliphatic carbocycles. The summed E-state index contributed by atoms with van der Waals surface area (Å²) in [6.45, 7) is 47.0. The average molecular weight is 1100 g/mol. The minimum Gasteiger partial charge on any atom is -0.492 e. The van der Waals surface area contributed by atoms with Gasteiger partial charge in [-0.05, 0) is 88.4 Å². The van der Waals surface area contributed by atoms with Gasteiger partial charge in [0.15, 0.2) is 0 Å². The third-order valence-electron chi connectivity index (χ3n) is 17.0. The summed E-state index contributed by atoms with van der Waals surface area (Å²) in [5.41, 5.74) is 14.0. The van der Waals surface area contributed by atoms with Crippen LogP contribution in [0.5, 0.6) is 23.0 Å². The van der Waals surface area contributed by atoms with Crippen molar-refractivity contribution in [3.8, 4) is 23.0 Å². The van der Waals surface area contributed by atoms with Gasteiger partial charge in [0.05, 0.1) is 52.9 Å². The molecule has 4 fully saturated rings. The van der Waals surface area contributed by atoms with E-state index in [-0.39, 0.29) is 21.7 Å². The second-order valence-electron chi connectivity index (χ2n) is 27.4. The minimum absolute atomic E-state index is 0.145. The van der Waals surface area contributed by atoms with Crippen LogP contribution in [0.1, 0.15) is 150 Å². The number of hydrogen-bond acceptors (Lipinski definition) is 12. The van der Waals surface area contributed by atoms with Crippen molar-refractivity contribution in [2.45, 2.75) is 130 Å². The molecule has 0 saturated carbocycles. The van der Waals surface area contributed by atoms with Gasteiger partial charge < -0.3 is 37.9 Å². The van der Waals surface area contributed by atoms with Crippen LogP contribution >= 0.6 is 0 Å². The number of hydrogen-bond donors (Lipinski definition) is 0. The smallest absolute Gasteiger partial charge is 0.126 e. The average Bonchev–Trinajstić information content (AvgIpc) is 3.54. The van der Waals surface area contributed by atoms with Crippen LogP contribution in [0.4, 0.5) is 0 Å². The van der Waals surface area contributed by atoms with E-state index in [1.165, 1.54) is 66.8 Å². The molecule has 0 atom stereocenters. The van der Waals surface area contributed by atoms with E-state index in [2.05, 4.69) is 151 Å². The van der Waals surface area contributed by atoms with Gasteiger partial charge in [-0.2, -0.15) is 0 Å². The van der Waals surface area contributed by atoms with Crippen molar-refractivity contribution in [3.05, 3.63) is 115 Å². The Kier molecular flexibility index (Phi) is 20.0. The molecule has 12 heteroatoms. The summed E-state index contributed by atoms with van der Waals surface area (Å²) in [4.78, 5) is 9.91. The molecule has 5 aliphatic rings. The first-order valence-electron chi connectivity index (χ1n) is 30.5. The molecule has 4 aromatic carbocycles. The Morgan fingerprint density at radius 2 is 0.450 bits per heavy atom. The molecule has 9 rings (SSSR count). The first-order valence-corrected chi connectivity index (χ1v) is 30.5. The van der Waals surface area contributed by atoms with Crippen LogP contribution in [0, 0.1) is 0 Å². The van der Waals surface area contributed by atoms with E-state index in [9.17, 15) is 0 Å². The molecule has 0 amide bonds. The SMILES string of the molecule is CC(C)(C)c1cc2c(OCCN3CCOCC3)c(c1)Cc1cc(C(C)(C)C)cc(c1OCCN1CCOCC1)Cc1cc(C(C)(C)C)cc(c1OCCN1CCOCC1)Cc1cc(C(C)(C)C)cc(c1OCCN1CCOCC1)C2. The summed E-state index contributed by atoms with van der Waals surface area (Å²) in [7, 11) is 0. The summed E-state index contributed by atoms with van der Waals surface area (Å²) >= 11 is 0. The first-order chi connectivity index (χ1) is 38.2. The Morgan fingerprint density at radius 3 is 0.600 bits per heavy atom. The van der Waals surface area contributed by atoms with Crippen LogP contribution < -0.4 is 18.9 Å². The van der Waals surface area contributed by atoms with Crippen molar-refractivity contribution in [3.63, 3.8) is 0 Å². The van der Waals surface area contributed by atoms with E-state index >= 15 is 0 Å². The third-order valence-corrected chi connectivity index (χ3v) is 17.0. The normalized spacial score (nSPS) is 18.8. The highest BCUT2D eigenvalue weighted by Gasteiger charge is 2.30. The minimum atomic E-state index is -0.145. The van der Waals surface area contributed by atoms with Crippen LogP contribution in [0.3, 0.4) is 0 Å². The van der Waals surface area contributed by atoms with E-state index in [0.717, 1.165) is 154 Å². The monoisotopic (exact) mass is 1100 g/mol. The van der Waals surface area contributed by atoms with Gasteiger partial charge in [-0.25, -0.2) is 0 Å². The molecule has 0 N–H and O–H groups in total. The topological polar surface area (TPSA) is 86.8 Å². The summed E-state index contributed by atoms with van der Waals surface area (Å²) < 4.78 is 52.6. The number of morpholine rings is 4. The zero-order valence-electron chi connectivity index (χ0n) is 51.5. The summed E-state index contributed by atoms with van der Waals surface area (Å²) in [5, 5.41) is 0. The maximum absolute atomic E-state index is 7.37. The summed E-state index contributed by atoms with van der Waals surface area (Å²) in [6, 6.07) is 19.6. The Hall–Kier alpha value is -4.24. The number of benzene rings is 4. The predicted molar refractivity (Wildman–Crippen MR) is 323 cm³/mol. The van der Waals surface area contributed by atoms with E-state index in [1.54, 1.807) is 0 Å². The Balaban J connectivity index is 1.29. The van der Waals surface area contributed by atoms with E-state index in [0.29, 0.717) is 52.1 Å². The van der Waals surface area contributed by atoms with Crippen LogP contribution in [0.2, 0.25) is 0 Å². The van der Waals surface area contributed by atoms with Gasteiger partial charge >= 0.3 is 0 Å². The van der Waals surface area contributed by atoms with Crippen LogP contribution in [0.15, 0.2) is 48.5 Å². The van der Waals surface area contributed by atoms with Gasteiger partial charge in [0.1, 0.15) is 49.4 Å². The molecule has 4 aromatic rings. The van der Waals surface area contributed by atoms with Crippen LogP contribution in [-0.2, 0) is 66.3 Å². The number of ether oxygens (including phenoxy) is 8. The lowest BCUT2D eigenvalue weighted by molar-refractivity contribution is 0.0321. The molecule has 12 nitrogen and oxygen atoms in total. The lowest BCUT2D eigenvalue weighted by atomic mass is 9.79. The van der Waals surface area contributed by atoms with Crippen molar-refractivity contribution < 1.29 is 37.9 Å². The quantitative estimate of drug-likeness (QED) is 0.0943. The van der Waals surface area contributed by atoms with Gasteiger partial charge in [-0.1, -0.05) is 132 Å². The van der Waals surface area contributed by atoms with Crippen LogP contribution in [-0.4, -0.2) is 177 Å². The van der Waals surface area contributed by atoms with Gasteiger partial charge in [-0.15, -0.1) is 0 Å². The maximum Gasteiger partial charge on any atom is 0.126 e. The van der Waals surface area contributed by atoms with Crippen molar-refractivity contribution in [1.29, 1.82) is 0 Å². The molecular weight excluding hydrogens is 1000 g/mol. The molecule has 0 spiro atoms. The van der Waals surface area contributed by atoms with Crippen molar-refractivity contribution in [2.75, 3.05) is 158 Å². The largest absolute Gasteiger partial charge is 0.492 e. The van der Waals surface area contributed by atoms with E-state index in [1.807, 2.05) is 0 Å². The van der Waals surface area contributed by atoms with Crippen LogP contribution in [0.25, 0.3) is 0 Å². The first kappa shape index (κ1) is 60.4. The molecule has 0 radical (unpaired) electrons. The fourth-order valence-electron chi connectivity index (χ4n) is 11.8. The molecule has 4 heterocycles. The van der Waals surface area contributed by atoms with E-state index in [4.69, 9.17) is 37.9 Å². The molecule has 4 saturated heterocycles. The highest BCUT2D eigenvalue weighted by molar-refractivity contribution is 5.60. The Morgan fingerprint density at radius 1 is 0.287 bits per heavy atom. The molecule has 0 aromatic heterocycles. The van der Waals surface area contributed by atoms with Gasteiger partial charge in [0, 0.05) is 104 Å². The van der Waals surface area contributed by atoms with Crippen molar-refractivity contribution in [2.24, 2.45) is 0 Å². The Bertz CT molecular complexity index is 2210. The van der Waals surface area contributed by atoms with Gasteiger partial charge in [0.2, 0.25) is 0 Å². The molecule has 80 heavy (non-hydrogen) atoms. The maximum atomic E-state index is 7.37. The second kappa shape index (κ2) is 26.6. The standard InChI is InChI=1S/C68H100N4O8/c1-65(2,3)57-41-49-37-51-43-58(66(4,5)6)45-53(62(51)78-34-22-70-15-27-74-28-16-70)39-55-47-60(68(10,11)12)48-56(64(55)80-36-24-72-19-31-76-32-20-72)40-54-46-59(67(7,8)9)44-52(63(54)79-35-23-71-17-29-75-30-18-71)38-50(42-57)61(49)77-33-21-69-13-25-73-26-14-69/h41-48H,13-40H2,1-12H3. The second-order valence-corrected chi connectivity index (χ2v) is 27.4. The predicted octanol–water partition coefficient (Wildman–Crippen LogP) is 10.4. The summed E-state index contributed by atoms with van der Waals surface area (Å²) in [5.74, 6) is 3.88.